The monoisotopic (exact) mass is 568 g/mol. The molecule has 40 heavy (non-hydrogen) atoms. The van der Waals surface area contributed by atoms with Gasteiger partial charge >= 0.3 is 12.1 Å². The number of fused-ring (bicyclic) bond motifs is 1. The number of rotatable bonds is 6. The Morgan fingerprint density at radius 3 is 2.27 bits per heavy atom. The fourth-order valence-electron chi connectivity index (χ4n) is 4.52. The van der Waals surface area contributed by atoms with Crippen molar-refractivity contribution in [3.05, 3.63) is 41.8 Å². The molecular formula is C29H36N4O6S. The molecule has 0 saturated carbocycles. The molecule has 3 aromatic rings. The molecular weight excluding hydrogens is 532 g/mol. The largest absolute Gasteiger partial charge is 0.471 e. The first-order valence-electron chi connectivity index (χ1n) is 13.1. The Hall–Kier alpha value is -3.73. The number of methoxy groups -OCH3 is 1. The second-order valence-corrected chi connectivity index (χ2v) is 12.7. The van der Waals surface area contributed by atoms with Gasteiger partial charge in [-0.2, -0.15) is 0 Å². The van der Waals surface area contributed by atoms with Gasteiger partial charge in [0.1, 0.15) is 29.5 Å². The molecule has 0 bridgehead atoms. The van der Waals surface area contributed by atoms with Crippen molar-refractivity contribution in [3.63, 3.8) is 0 Å². The van der Waals surface area contributed by atoms with Crippen LogP contribution < -0.4 is 10.1 Å². The second kappa shape index (κ2) is 11.4. The first-order valence-corrected chi connectivity index (χ1v) is 14.0. The fraction of sp³-hybridized carbons (Fsp3) is 0.483. The summed E-state index contributed by atoms with van der Waals surface area (Å²) in [6.07, 6.45) is -1.08. The highest BCUT2D eigenvalue weighted by Crippen LogP contribution is 2.35. The van der Waals surface area contributed by atoms with E-state index in [0.29, 0.717) is 17.1 Å². The number of thiophene rings is 1. The number of likely N-dealkylation sites (tertiary alicyclic amines) is 1. The summed E-state index contributed by atoms with van der Waals surface area (Å²) in [5, 5.41) is 4.66. The first kappa shape index (κ1) is 29.3. The topological polar surface area (TPSA) is 120 Å². The summed E-state index contributed by atoms with van der Waals surface area (Å²) in [4.78, 5) is 51.2. The number of nitrogens with one attached hydrogen (secondary N) is 1. The molecule has 0 unspecified atom stereocenters. The van der Waals surface area contributed by atoms with Gasteiger partial charge in [-0.15, -0.1) is 11.3 Å². The Balaban J connectivity index is 1.63. The molecule has 2 aromatic heterocycles. The maximum Gasteiger partial charge on any atom is 0.408 e. The summed E-state index contributed by atoms with van der Waals surface area (Å²) in [6, 6.07) is 9.51. The number of nitrogens with zero attached hydrogens (tertiary/aromatic N) is 3. The zero-order valence-electron chi connectivity index (χ0n) is 23.9. The molecule has 2 amide bonds. The van der Waals surface area contributed by atoms with Crippen molar-refractivity contribution in [1.82, 2.24) is 20.2 Å². The smallest absolute Gasteiger partial charge is 0.408 e. The third-order valence-electron chi connectivity index (χ3n) is 6.36. The highest BCUT2D eigenvalue weighted by atomic mass is 32.1. The number of ether oxygens (including phenoxy) is 3. The molecule has 11 heteroatoms. The highest BCUT2D eigenvalue weighted by Gasteiger charge is 2.46. The predicted molar refractivity (Wildman–Crippen MR) is 152 cm³/mol. The normalized spacial score (nSPS) is 18.3. The Morgan fingerprint density at radius 1 is 1.02 bits per heavy atom. The summed E-state index contributed by atoms with van der Waals surface area (Å²) in [7, 11) is 1.28. The van der Waals surface area contributed by atoms with Crippen LogP contribution in [0.4, 0.5) is 4.79 Å². The van der Waals surface area contributed by atoms with Gasteiger partial charge in [0.25, 0.3) is 0 Å². The molecule has 1 fully saturated rings. The molecule has 1 saturated heterocycles. The van der Waals surface area contributed by atoms with Crippen molar-refractivity contribution in [2.45, 2.75) is 71.8 Å². The van der Waals surface area contributed by atoms with E-state index in [-0.39, 0.29) is 13.0 Å². The maximum atomic E-state index is 13.9. The number of aromatic nitrogens is 2. The van der Waals surface area contributed by atoms with Gasteiger partial charge < -0.3 is 24.4 Å². The molecule has 1 aliphatic heterocycles. The standard InChI is InChI=1S/C29H36N4O6S/c1-28(2,3)23(32-27(36)39-29(4,5)6)25(34)33-16-17(15-20(33)26(35)37-7)38-24-22(21-13-10-14-40-21)30-18-11-8-9-12-19(18)31-24/h8-14,17,20,23H,15-16H2,1-7H3,(H,32,36)/t17-,20+,23-/m1/s1. The zero-order chi connectivity index (χ0) is 29.2. The van der Waals surface area contributed by atoms with Gasteiger partial charge in [0, 0.05) is 6.42 Å². The van der Waals surface area contributed by atoms with Crippen molar-refractivity contribution in [2.75, 3.05) is 13.7 Å². The first-order chi connectivity index (χ1) is 18.8. The molecule has 0 radical (unpaired) electrons. The number of carbonyl (C=O) groups excluding carboxylic acids is 3. The van der Waals surface area contributed by atoms with Crippen LogP contribution in [0.25, 0.3) is 21.6 Å². The van der Waals surface area contributed by atoms with Crippen molar-refractivity contribution in [1.29, 1.82) is 0 Å². The van der Waals surface area contributed by atoms with Gasteiger partial charge in [0.05, 0.1) is 29.6 Å². The van der Waals surface area contributed by atoms with Crippen molar-refractivity contribution in [2.24, 2.45) is 5.41 Å². The molecule has 10 nitrogen and oxygen atoms in total. The predicted octanol–water partition coefficient (Wildman–Crippen LogP) is 4.82. The zero-order valence-corrected chi connectivity index (χ0v) is 24.7. The molecule has 214 valence electrons. The van der Waals surface area contributed by atoms with Crippen LogP contribution in [0.15, 0.2) is 41.8 Å². The Labute approximate surface area is 238 Å². The van der Waals surface area contributed by atoms with Crippen LogP contribution in [0.2, 0.25) is 0 Å². The summed E-state index contributed by atoms with van der Waals surface area (Å²) in [5.41, 5.74) is 0.576. The maximum absolute atomic E-state index is 13.9. The lowest BCUT2D eigenvalue weighted by Crippen LogP contribution is -2.57. The third-order valence-corrected chi connectivity index (χ3v) is 7.24. The minimum Gasteiger partial charge on any atom is -0.471 e. The molecule has 1 N–H and O–H groups in total. The second-order valence-electron chi connectivity index (χ2n) is 11.8. The van der Waals surface area contributed by atoms with E-state index in [1.807, 2.05) is 62.5 Å². The number of alkyl carbamates (subject to hydrolysis) is 1. The molecule has 3 heterocycles. The summed E-state index contributed by atoms with van der Waals surface area (Å²) < 4.78 is 16.8. The Morgan fingerprint density at radius 2 is 1.70 bits per heavy atom. The quantitative estimate of drug-likeness (QED) is 0.421. The van der Waals surface area contributed by atoms with E-state index in [2.05, 4.69) is 5.32 Å². The van der Waals surface area contributed by atoms with Crippen LogP contribution in [0.3, 0.4) is 0 Å². The van der Waals surface area contributed by atoms with E-state index < -0.39 is 47.2 Å². The van der Waals surface area contributed by atoms with E-state index in [9.17, 15) is 14.4 Å². The lowest BCUT2D eigenvalue weighted by Gasteiger charge is -2.35. The SMILES string of the molecule is COC(=O)[C@@H]1C[C@@H](Oc2nc3ccccc3nc2-c2cccs2)CN1C(=O)[C@@H](NC(=O)OC(C)(C)C)C(C)(C)C. The average molecular weight is 569 g/mol. The summed E-state index contributed by atoms with van der Waals surface area (Å²) in [5.74, 6) is -0.668. The molecule has 1 aromatic carbocycles. The highest BCUT2D eigenvalue weighted by molar-refractivity contribution is 7.13. The number of amides is 2. The van der Waals surface area contributed by atoms with Gasteiger partial charge in [0.15, 0.2) is 0 Å². The number of carbonyl (C=O) groups is 3. The number of benzene rings is 1. The van der Waals surface area contributed by atoms with E-state index in [4.69, 9.17) is 24.2 Å². The number of esters is 1. The lowest BCUT2D eigenvalue weighted by molar-refractivity contribution is -0.152. The van der Waals surface area contributed by atoms with E-state index in [0.717, 1.165) is 10.4 Å². The molecule has 0 spiro atoms. The minimum atomic E-state index is -0.963. The number of hydrogen-bond acceptors (Lipinski definition) is 9. The van der Waals surface area contributed by atoms with Crippen LogP contribution in [-0.2, 0) is 19.1 Å². The average Bonchev–Trinajstić information content (AvgIpc) is 3.55. The van der Waals surface area contributed by atoms with Crippen LogP contribution in [0.5, 0.6) is 5.88 Å². The molecule has 0 aliphatic carbocycles. The summed E-state index contributed by atoms with van der Waals surface area (Å²) >= 11 is 1.51. The van der Waals surface area contributed by atoms with Crippen molar-refractivity contribution in [3.8, 4) is 16.5 Å². The van der Waals surface area contributed by atoms with Gasteiger partial charge in [-0.25, -0.2) is 19.6 Å². The third kappa shape index (κ3) is 6.70. The molecule has 1 aliphatic rings. The van der Waals surface area contributed by atoms with E-state index in [1.54, 1.807) is 20.8 Å². The molecule has 3 atom stereocenters. The minimum absolute atomic E-state index is 0.0968. The van der Waals surface area contributed by atoms with E-state index in [1.165, 1.54) is 23.3 Å². The van der Waals surface area contributed by atoms with E-state index >= 15 is 0 Å². The van der Waals surface area contributed by atoms with Gasteiger partial charge in [-0.05, 0) is 49.8 Å². The summed E-state index contributed by atoms with van der Waals surface area (Å²) in [6.45, 7) is 10.8. The fourth-order valence-corrected chi connectivity index (χ4v) is 5.23. The van der Waals surface area contributed by atoms with Gasteiger partial charge in [-0.3, -0.25) is 4.79 Å². The number of hydrogen-bond donors (Lipinski definition) is 1. The Kier molecular flexibility index (Phi) is 8.34. The van der Waals surface area contributed by atoms with Crippen molar-refractivity contribution < 1.29 is 28.6 Å². The Bertz CT molecular complexity index is 1380. The van der Waals surface area contributed by atoms with Crippen molar-refractivity contribution >= 4 is 40.3 Å². The van der Waals surface area contributed by atoms with Gasteiger partial charge in [0.2, 0.25) is 11.8 Å². The van der Waals surface area contributed by atoms with Gasteiger partial charge in [-0.1, -0.05) is 39.0 Å². The van der Waals surface area contributed by atoms with Crippen LogP contribution in [0.1, 0.15) is 48.0 Å². The number of para-hydroxylation sites is 2. The van der Waals surface area contributed by atoms with Crippen LogP contribution in [-0.4, -0.2) is 70.3 Å². The van der Waals surface area contributed by atoms with Crippen LogP contribution in [0, 0.1) is 5.41 Å². The lowest BCUT2D eigenvalue weighted by atomic mass is 9.85. The van der Waals surface area contributed by atoms with Crippen LogP contribution >= 0.6 is 11.3 Å². The molecule has 4 rings (SSSR count).